The molecule has 3 aromatic rings. The van der Waals surface area contributed by atoms with E-state index in [1.165, 1.54) is 16.7 Å². The molecule has 1 fully saturated rings. The summed E-state index contributed by atoms with van der Waals surface area (Å²) in [4.78, 5) is 18.2. The minimum Gasteiger partial charge on any atom is -0.357 e. The van der Waals surface area contributed by atoms with E-state index in [0.717, 1.165) is 68.8 Å². The lowest BCUT2D eigenvalue weighted by molar-refractivity contribution is -0.114. The van der Waals surface area contributed by atoms with Gasteiger partial charge in [0.15, 0.2) is 0 Å². The third-order valence-corrected chi connectivity index (χ3v) is 7.70. The van der Waals surface area contributed by atoms with Gasteiger partial charge < -0.3 is 5.32 Å². The molecule has 2 heterocycles. The van der Waals surface area contributed by atoms with Gasteiger partial charge in [-0.1, -0.05) is 74.0 Å². The number of carbonyl (C=O) groups excluding carboxylic acids is 1. The van der Waals surface area contributed by atoms with E-state index in [1.807, 2.05) is 6.08 Å². The van der Waals surface area contributed by atoms with Gasteiger partial charge in [0, 0.05) is 42.8 Å². The number of nitrogens with one attached hydrogen (secondary N) is 1. The van der Waals surface area contributed by atoms with E-state index in [4.69, 9.17) is 0 Å². The summed E-state index contributed by atoms with van der Waals surface area (Å²) >= 11 is 0. The summed E-state index contributed by atoms with van der Waals surface area (Å²) in [6.45, 7) is 7.16. The first-order chi connectivity index (χ1) is 17.6. The van der Waals surface area contributed by atoms with Crippen molar-refractivity contribution in [1.29, 1.82) is 0 Å². The zero-order valence-electron chi connectivity index (χ0n) is 21.5. The number of nitrogens with zero attached hydrogens (tertiary/aromatic N) is 2. The zero-order chi connectivity index (χ0) is 25.0. The second kappa shape index (κ2) is 10.7. The minimum atomic E-state index is -0.365. The fourth-order valence-corrected chi connectivity index (χ4v) is 5.74. The maximum Gasteiger partial charge on any atom is 0.253 e. The van der Waals surface area contributed by atoms with Crippen molar-refractivity contribution in [3.63, 3.8) is 0 Å². The lowest BCUT2D eigenvalue weighted by Crippen LogP contribution is -2.56. The number of para-hydroxylation sites is 1. The number of unbranched alkanes of at least 4 members (excludes halogenated alkanes) is 1. The second-order valence-corrected chi connectivity index (χ2v) is 10.2. The van der Waals surface area contributed by atoms with Gasteiger partial charge in [-0.3, -0.25) is 14.6 Å². The molecule has 0 radical (unpaired) electrons. The third-order valence-electron chi connectivity index (χ3n) is 7.70. The van der Waals surface area contributed by atoms with E-state index in [-0.39, 0.29) is 11.4 Å². The molecular weight excluding hydrogens is 442 g/mol. The van der Waals surface area contributed by atoms with Crippen LogP contribution in [0, 0.1) is 6.92 Å². The average molecular weight is 480 g/mol. The highest BCUT2D eigenvalue weighted by Gasteiger charge is 2.50. The van der Waals surface area contributed by atoms with E-state index in [9.17, 15) is 4.79 Å². The summed E-state index contributed by atoms with van der Waals surface area (Å²) in [5, 5.41) is 3.77. The van der Waals surface area contributed by atoms with Crippen LogP contribution in [-0.4, -0.2) is 29.4 Å². The third kappa shape index (κ3) is 4.96. The SMILES string of the molecule is CCCCc1ccccc1NC1=CC(=O)N(c2cccc(C)c2)C12CCN(Cc1ccccc1)CC2. The number of likely N-dealkylation sites (tertiary alicyclic amines) is 1. The summed E-state index contributed by atoms with van der Waals surface area (Å²) in [6.07, 6.45) is 7.01. The maximum atomic E-state index is 13.6. The number of hydrogen-bond donors (Lipinski definition) is 1. The molecule has 0 aromatic heterocycles. The van der Waals surface area contributed by atoms with Crippen molar-refractivity contribution in [1.82, 2.24) is 4.90 Å². The summed E-state index contributed by atoms with van der Waals surface area (Å²) in [5.41, 5.74) is 6.62. The van der Waals surface area contributed by atoms with Gasteiger partial charge in [-0.05, 0) is 67.5 Å². The van der Waals surface area contributed by atoms with Crippen LogP contribution in [0.15, 0.2) is 90.6 Å². The monoisotopic (exact) mass is 479 g/mol. The van der Waals surface area contributed by atoms with Crippen molar-refractivity contribution < 1.29 is 4.79 Å². The van der Waals surface area contributed by atoms with Crippen molar-refractivity contribution in [2.45, 2.75) is 58.0 Å². The van der Waals surface area contributed by atoms with Gasteiger partial charge in [0.2, 0.25) is 0 Å². The van der Waals surface area contributed by atoms with Crippen molar-refractivity contribution >= 4 is 17.3 Å². The van der Waals surface area contributed by atoms with Gasteiger partial charge in [0.1, 0.15) is 0 Å². The molecule has 2 aliphatic rings. The number of amides is 1. The van der Waals surface area contributed by atoms with E-state index < -0.39 is 0 Å². The Hall–Kier alpha value is -3.37. The number of piperidine rings is 1. The van der Waals surface area contributed by atoms with Crippen LogP contribution < -0.4 is 10.2 Å². The molecule has 186 valence electrons. The Morgan fingerprint density at radius 2 is 1.67 bits per heavy atom. The predicted octanol–water partition coefficient (Wildman–Crippen LogP) is 6.72. The highest BCUT2D eigenvalue weighted by molar-refractivity contribution is 6.08. The maximum absolute atomic E-state index is 13.6. The van der Waals surface area contributed by atoms with Gasteiger partial charge >= 0.3 is 0 Å². The number of benzene rings is 3. The molecule has 3 aromatic carbocycles. The molecule has 1 spiro atoms. The van der Waals surface area contributed by atoms with Crippen LogP contribution in [0.3, 0.4) is 0 Å². The Kier molecular flexibility index (Phi) is 7.24. The van der Waals surface area contributed by atoms with E-state index in [1.54, 1.807) is 0 Å². The van der Waals surface area contributed by atoms with Gasteiger partial charge in [-0.25, -0.2) is 0 Å². The highest BCUT2D eigenvalue weighted by Crippen LogP contribution is 2.44. The molecule has 2 aliphatic heterocycles. The number of carbonyl (C=O) groups is 1. The molecule has 0 atom stereocenters. The molecule has 0 saturated carbocycles. The zero-order valence-corrected chi connectivity index (χ0v) is 21.5. The van der Waals surface area contributed by atoms with Gasteiger partial charge in [-0.15, -0.1) is 0 Å². The highest BCUT2D eigenvalue weighted by atomic mass is 16.2. The molecule has 0 unspecified atom stereocenters. The molecule has 1 N–H and O–H groups in total. The van der Waals surface area contributed by atoms with Crippen LogP contribution in [0.25, 0.3) is 0 Å². The summed E-state index contributed by atoms with van der Waals surface area (Å²) in [5.74, 6) is 0.0747. The van der Waals surface area contributed by atoms with Crippen LogP contribution in [0.2, 0.25) is 0 Å². The van der Waals surface area contributed by atoms with Crippen molar-refractivity contribution in [3.8, 4) is 0 Å². The summed E-state index contributed by atoms with van der Waals surface area (Å²) < 4.78 is 0. The predicted molar refractivity (Wildman–Crippen MR) is 149 cm³/mol. The van der Waals surface area contributed by atoms with Crippen molar-refractivity contribution in [2.75, 3.05) is 23.3 Å². The van der Waals surface area contributed by atoms with Crippen LogP contribution in [0.4, 0.5) is 11.4 Å². The molecule has 4 nitrogen and oxygen atoms in total. The normalized spacial score (nSPS) is 17.4. The first-order valence-electron chi connectivity index (χ1n) is 13.3. The number of hydrogen-bond acceptors (Lipinski definition) is 3. The number of aryl methyl sites for hydroxylation is 2. The largest absolute Gasteiger partial charge is 0.357 e. The molecule has 0 aliphatic carbocycles. The van der Waals surface area contributed by atoms with Crippen molar-refractivity contribution in [3.05, 3.63) is 107 Å². The first-order valence-corrected chi connectivity index (χ1v) is 13.3. The standard InChI is InChI=1S/C32H37N3O/c1-3-4-14-27-15-8-9-17-29(27)33-30-23-31(36)35(28-16-10-11-25(2)22-28)32(30)18-20-34(21-19-32)24-26-12-6-5-7-13-26/h5-13,15-17,22-23,33H,3-4,14,18-21,24H2,1-2H3. The molecule has 1 amide bonds. The van der Waals surface area contributed by atoms with Crippen LogP contribution >= 0.6 is 0 Å². The Labute approximate surface area is 215 Å². The van der Waals surface area contributed by atoms with Gasteiger partial charge in [-0.2, -0.15) is 0 Å². The summed E-state index contributed by atoms with van der Waals surface area (Å²) in [6, 6.07) is 27.6. The summed E-state index contributed by atoms with van der Waals surface area (Å²) in [7, 11) is 0. The lowest BCUT2D eigenvalue weighted by Gasteiger charge is -2.47. The van der Waals surface area contributed by atoms with E-state index >= 15 is 0 Å². The topological polar surface area (TPSA) is 35.6 Å². The van der Waals surface area contributed by atoms with E-state index in [0.29, 0.717) is 0 Å². The minimum absolute atomic E-state index is 0.0747. The van der Waals surface area contributed by atoms with Crippen LogP contribution in [0.5, 0.6) is 0 Å². The van der Waals surface area contributed by atoms with Gasteiger partial charge in [0.05, 0.1) is 5.54 Å². The van der Waals surface area contributed by atoms with E-state index in [2.05, 4.69) is 108 Å². The molecule has 1 saturated heterocycles. The molecule has 5 rings (SSSR count). The Morgan fingerprint density at radius 1 is 0.917 bits per heavy atom. The van der Waals surface area contributed by atoms with Crippen LogP contribution in [0.1, 0.15) is 49.3 Å². The fraction of sp³-hybridized carbons (Fsp3) is 0.344. The second-order valence-electron chi connectivity index (χ2n) is 10.2. The number of rotatable bonds is 8. The fourth-order valence-electron chi connectivity index (χ4n) is 5.74. The Balaban J connectivity index is 1.45. The molecule has 0 bridgehead atoms. The molecule has 36 heavy (non-hydrogen) atoms. The van der Waals surface area contributed by atoms with Gasteiger partial charge in [0.25, 0.3) is 5.91 Å². The van der Waals surface area contributed by atoms with Crippen molar-refractivity contribution in [2.24, 2.45) is 0 Å². The molecule has 4 heteroatoms. The quantitative estimate of drug-likeness (QED) is 0.390. The van der Waals surface area contributed by atoms with Crippen LogP contribution in [-0.2, 0) is 17.8 Å². The smallest absolute Gasteiger partial charge is 0.253 e. The Bertz CT molecular complexity index is 1220. The first kappa shape index (κ1) is 24.3. The average Bonchev–Trinajstić information content (AvgIpc) is 3.15. The number of anilines is 2. The molecular formula is C32H37N3O. The Morgan fingerprint density at radius 3 is 2.42 bits per heavy atom. The lowest BCUT2D eigenvalue weighted by atomic mass is 9.83.